The number of carbonyl (C=O) groups excluding carboxylic acids is 3. The summed E-state index contributed by atoms with van der Waals surface area (Å²) in [6.45, 7) is 4.65. The standard InChI is InChI=1S/C52H95NO7/c1-6-8-10-12-14-16-18-20-22-24-25-27-29-31-33-35-37-39-41-43-51(55)60-48(46-58-45-44-49(52(56)57)53(3,4)5)47-59-50(54)42-40-38-36-34-32-30-28-26-23-21-19-17-15-13-11-9-7-2/h14,16,20-23,48-49H,6-13,15,17-19,24-47H2,1-5H3/b16-14-,22-20-,23-21-. The van der Waals surface area contributed by atoms with Gasteiger partial charge in [-0.1, -0.05) is 172 Å². The number of carbonyl (C=O) groups is 3. The number of hydrogen-bond acceptors (Lipinski definition) is 7. The third kappa shape index (κ3) is 40.9. The molecule has 2 unspecified atom stereocenters. The van der Waals surface area contributed by atoms with Crippen molar-refractivity contribution in [1.82, 2.24) is 0 Å². The maximum atomic E-state index is 12.8. The van der Waals surface area contributed by atoms with E-state index >= 15 is 0 Å². The quantitative estimate of drug-likeness (QED) is 0.0260. The van der Waals surface area contributed by atoms with Crippen LogP contribution in [-0.2, 0) is 28.6 Å². The van der Waals surface area contributed by atoms with Gasteiger partial charge in [0.05, 0.1) is 40.3 Å². The van der Waals surface area contributed by atoms with E-state index in [4.69, 9.17) is 14.2 Å². The lowest BCUT2D eigenvalue weighted by atomic mass is 10.1. The number of carboxylic acids is 1. The second-order valence-electron chi connectivity index (χ2n) is 18.0. The molecule has 350 valence electrons. The summed E-state index contributed by atoms with van der Waals surface area (Å²) in [7, 11) is 5.41. The number of rotatable bonds is 45. The van der Waals surface area contributed by atoms with Gasteiger partial charge in [-0.3, -0.25) is 9.59 Å². The molecular weight excluding hydrogens is 751 g/mol. The molecule has 0 saturated carbocycles. The molecule has 0 aromatic heterocycles. The number of unbranched alkanes of at least 4 members (excludes halogenated alkanes) is 25. The Balaban J connectivity index is 4.27. The van der Waals surface area contributed by atoms with Crippen molar-refractivity contribution in [2.45, 2.75) is 238 Å². The molecule has 0 spiro atoms. The van der Waals surface area contributed by atoms with E-state index in [9.17, 15) is 19.5 Å². The molecule has 0 aromatic carbocycles. The molecule has 60 heavy (non-hydrogen) atoms. The lowest BCUT2D eigenvalue weighted by Gasteiger charge is -2.34. The van der Waals surface area contributed by atoms with E-state index in [0.29, 0.717) is 12.8 Å². The number of allylic oxidation sites excluding steroid dienone is 6. The highest BCUT2D eigenvalue weighted by Gasteiger charge is 2.25. The van der Waals surface area contributed by atoms with Crippen LogP contribution < -0.4 is 5.11 Å². The van der Waals surface area contributed by atoms with E-state index < -0.39 is 18.1 Å². The molecule has 0 amide bonds. The molecule has 0 radical (unpaired) electrons. The lowest BCUT2D eigenvalue weighted by molar-refractivity contribution is -0.889. The number of likely N-dealkylation sites (N-methyl/N-ethyl adjacent to an activating group) is 1. The topological polar surface area (TPSA) is 102 Å². The van der Waals surface area contributed by atoms with E-state index in [1.165, 1.54) is 148 Å². The maximum Gasteiger partial charge on any atom is 0.306 e. The van der Waals surface area contributed by atoms with Crippen molar-refractivity contribution < 1.29 is 38.2 Å². The predicted octanol–water partition coefficient (Wildman–Crippen LogP) is 12.9. The van der Waals surface area contributed by atoms with Crippen LogP contribution in [0.3, 0.4) is 0 Å². The highest BCUT2D eigenvalue weighted by atomic mass is 16.6. The summed E-state index contributed by atoms with van der Waals surface area (Å²) >= 11 is 0. The Morgan fingerprint density at radius 3 is 1.33 bits per heavy atom. The smallest absolute Gasteiger partial charge is 0.306 e. The largest absolute Gasteiger partial charge is 0.544 e. The first-order valence-corrected chi connectivity index (χ1v) is 25.0. The van der Waals surface area contributed by atoms with Gasteiger partial charge >= 0.3 is 11.9 Å². The van der Waals surface area contributed by atoms with E-state index in [2.05, 4.69) is 50.3 Å². The fraction of sp³-hybridized carbons (Fsp3) is 0.827. The van der Waals surface area contributed by atoms with Crippen LogP contribution in [0.25, 0.3) is 0 Å². The molecule has 0 rings (SSSR count). The Bertz CT molecular complexity index is 1080. The first kappa shape index (κ1) is 57.5. The van der Waals surface area contributed by atoms with Gasteiger partial charge in [0.2, 0.25) is 0 Å². The Labute approximate surface area is 370 Å². The van der Waals surface area contributed by atoms with Gasteiger partial charge in [-0.05, 0) is 70.6 Å². The third-order valence-corrected chi connectivity index (χ3v) is 11.2. The summed E-state index contributed by atoms with van der Waals surface area (Å²) in [6.07, 6.45) is 50.2. The zero-order valence-corrected chi connectivity index (χ0v) is 39.9. The summed E-state index contributed by atoms with van der Waals surface area (Å²) in [4.78, 5) is 37.0. The maximum absolute atomic E-state index is 12.8. The van der Waals surface area contributed by atoms with E-state index in [1.807, 2.05) is 0 Å². The zero-order valence-electron chi connectivity index (χ0n) is 39.9. The fourth-order valence-corrected chi connectivity index (χ4v) is 7.33. The van der Waals surface area contributed by atoms with Crippen LogP contribution in [-0.4, -0.2) is 75.5 Å². The summed E-state index contributed by atoms with van der Waals surface area (Å²) < 4.78 is 17.2. The van der Waals surface area contributed by atoms with Crippen LogP contribution in [0.15, 0.2) is 36.5 Å². The molecule has 0 aliphatic rings. The predicted molar refractivity (Wildman–Crippen MR) is 250 cm³/mol. The minimum Gasteiger partial charge on any atom is -0.544 e. The minimum atomic E-state index is -1.12. The monoisotopic (exact) mass is 846 g/mol. The van der Waals surface area contributed by atoms with Gasteiger partial charge in [0.1, 0.15) is 12.6 Å². The van der Waals surface area contributed by atoms with Gasteiger partial charge in [0.25, 0.3) is 0 Å². The Hall–Kier alpha value is -2.45. The Kier molecular flexibility index (Phi) is 41.4. The molecule has 8 nitrogen and oxygen atoms in total. The van der Waals surface area contributed by atoms with Gasteiger partial charge in [-0.25, -0.2) is 0 Å². The van der Waals surface area contributed by atoms with Gasteiger partial charge in [0.15, 0.2) is 6.10 Å². The zero-order chi connectivity index (χ0) is 44.2. The first-order chi connectivity index (χ1) is 29.1. The molecule has 0 heterocycles. The van der Waals surface area contributed by atoms with Crippen LogP contribution in [0.4, 0.5) is 0 Å². The average molecular weight is 846 g/mol. The highest BCUT2D eigenvalue weighted by Crippen LogP contribution is 2.15. The fourth-order valence-electron chi connectivity index (χ4n) is 7.33. The highest BCUT2D eigenvalue weighted by molar-refractivity contribution is 5.70. The number of aliphatic carboxylic acids is 1. The molecule has 0 saturated heterocycles. The average Bonchev–Trinajstić information content (AvgIpc) is 3.21. The lowest BCUT2D eigenvalue weighted by Crippen LogP contribution is -2.55. The molecule has 0 aliphatic heterocycles. The van der Waals surface area contributed by atoms with Crippen LogP contribution >= 0.6 is 0 Å². The van der Waals surface area contributed by atoms with E-state index in [0.717, 1.165) is 44.9 Å². The van der Waals surface area contributed by atoms with Crippen molar-refractivity contribution in [2.24, 2.45) is 0 Å². The van der Waals surface area contributed by atoms with Crippen molar-refractivity contribution in [3.05, 3.63) is 36.5 Å². The number of hydrogen-bond donors (Lipinski definition) is 0. The van der Waals surface area contributed by atoms with Crippen molar-refractivity contribution >= 4 is 17.9 Å². The van der Waals surface area contributed by atoms with Gasteiger partial charge in [-0.15, -0.1) is 0 Å². The normalized spacial score (nSPS) is 13.2. The second kappa shape index (κ2) is 43.2. The van der Waals surface area contributed by atoms with Gasteiger partial charge < -0.3 is 28.6 Å². The number of carboxylic acid groups (broad SMARTS) is 1. The number of ether oxygens (including phenoxy) is 3. The van der Waals surface area contributed by atoms with Crippen LogP contribution in [0.2, 0.25) is 0 Å². The van der Waals surface area contributed by atoms with E-state index in [-0.39, 0.29) is 42.7 Å². The molecule has 0 N–H and O–H groups in total. The number of esters is 2. The summed E-state index contributed by atoms with van der Waals surface area (Å²) in [5.74, 6) is -1.74. The third-order valence-electron chi connectivity index (χ3n) is 11.2. The Morgan fingerprint density at radius 1 is 0.500 bits per heavy atom. The summed E-state index contributed by atoms with van der Waals surface area (Å²) in [6, 6.07) is -0.727. The molecular formula is C52H95NO7. The molecule has 0 fully saturated rings. The number of quaternary nitrogens is 1. The Morgan fingerprint density at radius 2 is 0.883 bits per heavy atom. The first-order valence-electron chi connectivity index (χ1n) is 25.0. The van der Waals surface area contributed by atoms with Crippen molar-refractivity contribution in [3.8, 4) is 0 Å². The summed E-state index contributed by atoms with van der Waals surface area (Å²) in [5.41, 5.74) is 0. The van der Waals surface area contributed by atoms with Crippen LogP contribution in [0.5, 0.6) is 0 Å². The van der Waals surface area contributed by atoms with Crippen molar-refractivity contribution in [3.63, 3.8) is 0 Å². The van der Waals surface area contributed by atoms with Gasteiger partial charge in [-0.2, -0.15) is 0 Å². The SMILES string of the molecule is CCCCC/C=C\C/C=C\CCCCCCCCCCCC(=O)OC(COCCC(C(=O)[O-])[N+](C)(C)C)COC(=O)CCCCCCCCC/C=C\CCCCCCCC. The van der Waals surface area contributed by atoms with Crippen LogP contribution in [0.1, 0.15) is 226 Å². The van der Waals surface area contributed by atoms with E-state index in [1.54, 1.807) is 21.1 Å². The molecule has 0 aliphatic carbocycles. The summed E-state index contributed by atoms with van der Waals surface area (Å²) in [5, 5.41) is 11.7. The van der Waals surface area contributed by atoms with Gasteiger partial charge in [0, 0.05) is 19.3 Å². The molecule has 2 atom stereocenters. The second-order valence-corrected chi connectivity index (χ2v) is 18.0. The van der Waals surface area contributed by atoms with Crippen molar-refractivity contribution in [2.75, 3.05) is 41.0 Å². The number of nitrogens with zero attached hydrogens (tertiary/aromatic N) is 1. The minimum absolute atomic E-state index is 0.0394. The van der Waals surface area contributed by atoms with Crippen LogP contribution in [0, 0.1) is 0 Å². The molecule has 0 bridgehead atoms. The van der Waals surface area contributed by atoms with Crippen molar-refractivity contribution in [1.29, 1.82) is 0 Å². The molecule has 8 heteroatoms. The molecule has 0 aromatic rings.